The Morgan fingerprint density at radius 2 is 1.85 bits per heavy atom. The number of carbonyl (C=O) groups excluding carboxylic acids is 2. The number of methoxy groups -OCH3 is 1. The van der Waals surface area contributed by atoms with Crippen LogP contribution >= 0.6 is 0 Å². The molecule has 0 aliphatic rings. The Bertz CT molecular complexity index is 821. The summed E-state index contributed by atoms with van der Waals surface area (Å²) in [5.41, 5.74) is 2.36. The maximum absolute atomic E-state index is 12.1. The molecule has 0 bridgehead atoms. The van der Waals surface area contributed by atoms with Crippen molar-refractivity contribution >= 4 is 17.8 Å². The number of phenolic OH excluding ortho intramolecular Hbond substituents is 1. The van der Waals surface area contributed by atoms with E-state index in [0.29, 0.717) is 22.8 Å². The lowest BCUT2D eigenvalue weighted by Crippen LogP contribution is -2.12. The maximum atomic E-state index is 12.1. The number of carbonyl (C=O) groups is 2. The van der Waals surface area contributed by atoms with Crippen molar-refractivity contribution in [2.24, 2.45) is 0 Å². The molecular weight excluding hydrogens is 344 g/mol. The minimum Gasteiger partial charge on any atom is -0.504 e. The molecule has 0 saturated carbocycles. The summed E-state index contributed by atoms with van der Waals surface area (Å²) in [5.74, 6) is -0.107. The topological polar surface area (TPSA) is 72.8 Å². The molecule has 0 fully saturated rings. The van der Waals surface area contributed by atoms with Gasteiger partial charge in [0.15, 0.2) is 23.9 Å². The molecule has 5 nitrogen and oxygen atoms in total. The lowest BCUT2D eigenvalue weighted by molar-refractivity contribution is -0.136. The largest absolute Gasteiger partial charge is 0.504 e. The molecule has 0 spiro atoms. The molecule has 142 valence electrons. The van der Waals surface area contributed by atoms with Gasteiger partial charge < -0.3 is 14.6 Å². The fourth-order valence-electron chi connectivity index (χ4n) is 2.46. The van der Waals surface area contributed by atoms with Crippen LogP contribution in [-0.4, -0.2) is 30.6 Å². The fourth-order valence-corrected chi connectivity index (χ4v) is 2.46. The summed E-state index contributed by atoms with van der Waals surface area (Å²) in [4.78, 5) is 24.0. The van der Waals surface area contributed by atoms with Gasteiger partial charge >= 0.3 is 5.97 Å². The van der Waals surface area contributed by atoms with Crippen LogP contribution in [0.1, 0.15) is 47.7 Å². The van der Waals surface area contributed by atoms with Gasteiger partial charge in [-0.15, -0.1) is 0 Å². The molecule has 0 radical (unpaired) electrons. The first-order valence-electron chi connectivity index (χ1n) is 8.79. The van der Waals surface area contributed by atoms with Crippen LogP contribution in [-0.2, 0) is 9.53 Å². The molecular formula is C22H24O5. The van der Waals surface area contributed by atoms with E-state index in [9.17, 15) is 14.7 Å². The van der Waals surface area contributed by atoms with Crippen LogP contribution in [0.2, 0.25) is 0 Å². The van der Waals surface area contributed by atoms with Crippen molar-refractivity contribution in [3.05, 3.63) is 65.2 Å². The first-order chi connectivity index (χ1) is 12.9. The minimum atomic E-state index is -0.619. The Labute approximate surface area is 159 Å². The van der Waals surface area contributed by atoms with E-state index in [-0.39, 0.29) is 18.1 Å². The predicted molar refractivity (Wildman–Crippen MR) is 104 cm³/mol. The van der Waals surface area contributed by atoms with E-state index in [1.807, 2.05) is 12.1 Å². The quantitative estimate of drug-likeness (QED) is 0.426. The van der Waals surface area contributed by atoms with Crippen molar-refractivity contribution in [2.75, 3.05) is 13.7 Å². The van der Waals surface area contributed by atoms with Crippen LogP contribution in [0.15, 0.2) is 48.5 Å². The highest BCUT2D eigenvalue weighted by Gasteiger charge is 2.10. The lowest BCUT2D eigenvalue weighted by Gasteiger charge is -2.09. The lowest BCUT2D eigenvalue weighted by atomic mass is 9.97. The van der Waals surface area contributed by atoms with Gasteiger partial charge in [-0.05, 0) is 41.7 Å². The number of phenols is 1. The molecule has 5 heteroatoms. The van der Waals surface area contributed by atoms with E-state index in [0.717, 1.165) is 6.42 Å². The summed E-state index contributed by atoms with van der Waals surface area (Å²) in [6.45, 7) is 3.93. The Hall–Kier alpha value is -3.08. The second-order valence-corrected chi connectivity index (χ2v) is 6.23. The highest BCUT2D eigenvalue weighted by molar-refractivity contribution is 5.98. The summed E-state index contributed by atoms with van der Waals surface area (Å²) in [7, 11) is 1.44. The number of aromatic hydroxyl groups is 1. The van der Waals surface area contributed by atoms with Crippen molar-refractivity contribution < 1.29 is 24.2 Å². The van der Waals surface area contributed by atoms with Gasteiger partial charge in [-0.1, -0.05) is 44.2 Å². The molecule has 2 rings (SSSR count). The first-order valence-corrected chi connectivity index (χ1v) is 8.79. The van der Waals surface area contributed by atoms with E-state index < -0.39 is 5.97 Å². The summed E-state index contributed by atoms with van der Waals surface area (Å²) in [6.07, 6.45) is 3.78. The molecule has 0 aliphatic heterocycles. The Morgan fingerprint density at radius 3 is 2.48 bits per heavy atom. The third-order valence-corrected chi connectivity index (χ3v) is 4.38. The molecule has 1 N–H and O–H groups in total. The third-order valence-electron chi connectivity index (χ3n) is 4.38. The normalized spacial score (nSPS) is 12.0. The van der Waals surface area contributed by atoms with Gasteiger partial charge in [-0.3, -0.25) is 4.79 Å². The van der Waals surface area contributed by atoms with Crippen LogP contribution in [0.4, 0.5) is 0 Å². The van der Waals surface area contributed by atoms with Crippen LogP contribution in [0, 0.1) is 0 Å². The molecule has 2 aromatic carbocycles. The SMILES string of the molecule is CC[C@H](C)c1ccc(C(=O)COC(=O)/C=C/c2ccc(O)c(OC)c2)cc1. The van der Waals surface area contributed by atoms with Crippen molar-refractivity contribution in [1.82, 2.24) is 0 Å². The van der Waals surface area contributed by atoms with E-state index in [2.05, 4.69) is 13.8 Å². The standard InChI is InChI=1S/C22H24O5/c1-4-15(2)17-7-9-18(10-8-17)20(24)14-27-22(25)12-6-16-5-11-19(23)21(13-16)26-3/h5-13,15,23H,4,14H2,1-3H3/b12-6+/t15-/m0/s1. The molecule has 1 atom stereocenters. The maximum Gasteiger partial charge on any atom is 0.331 e. The number of Topliss-reactive ketones (excluding diaryl/α,β-unsaturated/α-hetero) is 1. The molecule has 27 heavy (non-hydrogen) atoms. The van der Waals surface area contributed by atoms with Gasteiger partial charge in [0.2, 0.25) is 0 Å². The number of ketones is 1. The zero-order valence-electron chi connectivity index (χ0n) is 15.8. The Kier molecular flexibility index (Phi) is 7.17. The van der Waals surface area contributed by atoms with Crippen molar-refractivity contribution in [3.63, 3.8) is 0 Å². The highest BCUT2D eigenvalue weighted by atomic mass is 16.5. The molecule has 2 aromatic rings. The summed E-state index contributed by atoms with van der Waals surface area (Å²) in [5, 5.41) is 9.55. The number of ether oxygens (including phenoxy) is 2. The van der Waals surface area contributed by atoms with E-state index >= 15 is 0 Å². The van der Waals surface area contributed by atoms with Gasteiger partial charge in [-0.2, -0.15) is 0 Å². The fraction of sp³-hybridized carbons (Fsp3) is 0.273. The molecule has 0 amide bonds. The molecule has 0 saturated heterocycles. The average molecular weight is 368 g/mol. The first kappa shape index (κ1) is 20.2. The molecule has 0 heterocycles. The summed E-state index contributed by atoms with van der Waals surface area (Å²) in [6, 6.07) is 12.1. The van der Waals surface area contributed by atoms with Crippen LogP contribution < -0.4 is 4.74 Å². The van der Waals surface area contributed by atoms with E-state index in [4.69, 9.17) is 9.47 Å². The van der Waals surface area contributed by atoms with Gasteiger partial charge in [-0.25, -0.2) is 4.79 Å². The van der Waals surface area contributed by atoms with Gasteiger partial charge in [0, 0.05) is 11.6 Å². The number of hydrogen-bond acceptors (Lipinski definition) is 5. The zero-order valence-corrected chi connectivity index (χ0v) is 15.8. The minimum absolute atomic E-state index is 0.0159. The number of hydrogen-bond donors (Lipinski definition) is 1. The van der Waals surface area contributed by atoms with Crippen molar-refractivity contribution in [3.8, 4) is 11.5 Å². The Balaban J connectivity index is 1.90. The molecule has 0 aromatic heterocycles. The van der Waals surface area contributed by atoms with E-state index in [1.165, 1.54) is 30.9 Å². The van der Waals surface area contributed by atoms with Crippen LogP contribution in [0.5, 0.6) is 11.5 Å². The van der Waals surface area contributed by atoms with Gasteiger partial charge in [0.1, 0.15) is 0 Å². The third kappa shape index (κ3) is 5.71. The van der Waals surface area contributed by atoms with Crippen LogP contribution in [0.25, 0.3) is 6.08 Å². The van der Waals surface area contributed by atoms with Crippen LogP contribution in [0.3, 0.4) is 0 Å². The molecule has 0 aliphatic carbocycles. The second kappa shape index (κ2) is 9.57. The number of rotatable bonds is 8. The molecule has 0 unspecified atom stereocenters. The predicted octanol–water partition coefficient (Wildman–Crippen LogP) is 4.35. The zero-order chi connectivity index (χ0) is 19.8. The average Bonchev–Trinajstić information content (AvgIpc) is 2.70. The van der Waals surface area contributed by atoms with Crippen molar-refractivity contribution in [2.45, 2.75) is 26.2 Å². The Morgan fingerprint density at radius 1 is 1.15 bits per heavy atom. The number of esters is 1. The van der Waals surface area contributed by atoms with Gasteiger partial charge in [0.25, 0.3) is 0 Å². The van der Waals surface area contributed by atoms with Crippen molar-refractivity contribution in [1.29, 1.82) is 0 Å². The number of benzene rings is 2. The summed E-state index contributed by atoms with van der Waals surface area (Å²) >= 11 is 0. The second-order valence-electron chi connectivity index (χ2n) is 6.23. The summed E-state index contributed by atoms with van der Waals surface area (Å²) < 4.78 is 10.0. The highest BCUT2D eigenvalue weighted by Crippen LogP contribution is 2.26. The monoisotopic (exact) mass is 368 g/mol. The van der Waals surface area contributed by atoms with E-state index in [1.54, 1.807) is 24.3 Å². The van der Waals surface area contributed by atoms with Gasteiger partial charge in [0.05, 0.1) is 7.11 Å². The smallest absolute Gasteiger partial charge is 0.331 e.